The van der Waals surface area contributed by atoms with Crippen LogP contribution in [0.3, 0.4) is 0 Å². The average molecular weight is 284 g/mol. The minimum atomic E-state index is -1.08. The van der Waals surface area contributed by atoms with Crippen LogP contribution < -0.4 is 0 Å². The molecule has 0 heterocycles. The molecule has 6 heteroatoms. The normalized spacial score (nSPS) is 9.85. The maximum atomic E-state index is 10.9. The fourth-order valence-corrected chi connectivity index (χ4v) is 0.757. The molecule has 0 rings (SSSR count). The lowest BCUT2D eigenvalue weighted by Gasteiger charge is -2.00. The standard InChI is InChI=1S/C9H12O4.C5H8O2/c1-4-13-9(12)7(3)5-6(2)8(10)11;1-3-4(2)5(6)7/h5H,3-4H2,1-2H3,(H,10,11);2-3H2,1H3,(H,6,7). The lowest BCUT2D eigenvalue weighted by Crippen LogP contribution is -2.06. The molecule has 0 radical (unpaired) electrons. The van der Waals surface area contributed by atoms with Gasteiger partial charge in [0.1, 0.15) is 0 Å². The van der Waals surface area contributed by atoms with Gasteiger partial charge in [-0.3, -0.25) is 0 Å². The van der Waals surface area contributed by atoms with E-state index in [9.17, 15) is 14.4 Å². The number of esters is 1. The molecule has 0 saturated heterocycles. The minimum Gasteiger partial charge on any atom is -0.478 e. The molecule has 0 spiro atoms. The van der Waals surface area contributed by atoms with Crippen molar-refractivity contribution in [2.75, 3.05) is 6.61 Å². The predicted octanol–water partition coefficient (Wildman–Crippen LogP) is 2.17. The molecule has 0 unspecified atom stereocenters. The first kappa shape index (κ1) is 20.0. The van der Waals surface area contributed by atoms with Crippen molar-refractivity contribution in [1.29, 1.82) is 0 Å². The largest absolute Gasteiger partial charge is 0.478 e. The van der Waals surface area contributed by atoms with Gasteiger partial charge in [-0.25, -0.2) is 14.4 Å². The smallest absolute Gasteiger partial charge is 0.337 e. The van der Waals surface area contributed by atoms with Gasteiger partial charge in [0.05, 0.1) is 12.2 Å². The number of carbonyl (C=O) groups excluding carboxylic acids is 1. The third-order valence-electron chi connectivity index (χ3n) is 1.99. The molecule has 112 valence electrons. The summed E-state index contributed by atoms with van der Waals surface area (Å²) in [6, 6.07) is 0. The highest BCUT2D eigenvalue weighted by atomic mass is 16.5. The summed E-state index contributed by atoms with van der Waals surface area (Å²) in [6.07, 6.45) is 1.70. The fourth-order valence-electron chi connectivity index (χ4n) is 0.757. The summed E-state index contributed by atoms with van der Waals surface area (Å²) < 4.78 is 4.61. The maximum absolute atomic E-state index is 10.9. The predicted molar refractivity (Wildman–Crippen MR) is 74.2 cm³/mol. The van der Waals surface area contributed by atoms with Gasteiger partial charge in [0.25, 0.3) is 0 Å². The van der Waals surface area contributed by atoms with Crippen LogP contribution in [-0.4, -0.2) is 34.7 Å². The van der Waals surface area contributed by atoms with Crippen molar-refractivity contribution in [3.63, 3.8) is 0 Å². The van der Waals surface area contributed by atoms with E-state index in [1.54, 1.807) is 13.8 Å². The van der Waals surface area contributed by atoms with E-state index in [0.29, 0.717) is 6.42 Å². The van der Waals surface area contributed by atoms with Crippen LogP contribution in [0.25, 0.3) is 0 Å². The van der Waals surface area contributed by atoms with Crippen LogP contribution in [0.4, 0.5) is 0 Å². The van der Waals surface area contributed by atoms with Crippen molar-refractivity contribution < 1.29 is 29.3 Å². The SMILES string of the molecule is C=C(C=C(C)C(=O)O)C(=O)OCC.C=C(CC)C(=O)O. The van der Waals surface area contributed by atoms with Gasteiger partial charge < -0.3 is 14.9 Å². The summed E-state index contributed by atoms with van der Waals surface area (Å²) in [6.45, 7) is 11.7. The molecule has 0 aromatic heterocycles. The number of carbonyl (C=O) groups is 3. The molecule has 0 aromatic carbocycles. The van der Waals surface area contributed by atoms with Gasteiger partial charge in [-0.05, 0) is 26.3 Å². The van der Waals surface area contributed by atoms with Crippen molar-refractivity contribution in [3.05, 3.63) is 36.0 Å². The van der Waals surface area contributed by atoms with Gasteiger partial charge in [-0.1, -0.05) is 20.1 Å². The van der Waals surface area contributed by atoms with Gasteiger partial charge in [0, 0.05) is 11.1 Å². The highest BCUT2D eigenvalue weighted by molar-refractivity contribution is 5.94. The van der Waals surface area contributed by atoms with Crippen LogP contribution >= 0.6 is 0 Å². The van der Waals surface area contributed by atoms with Crippen LogP contribution in [0.5, 0.6) is 0 Å². The molecule has 0 saturated carbocycles. The van der Waals surface area contributed by atoms with E-state index >= 15 is 0 Å². The van der Waals surface area contributed by atoms with E-state index in [1.165, 1.54) is 13.0 Å². The van der Waals surface area contributed by atoms with E-state index in [1.807, 2.05) is 0 Å². The highest BCUT2D eigenvalue weighted by Crippen LogP contribution is 2.02. The Morgan fingerprint density at radius 3 is 1.85 bits per heavy atom. The Morgan fingerprint density at radius 1 is 1.10 bits per heavy atom. The van der Waals surface area contributed by atoms with Crippen molar-refractivity contribution >= 4 is 17.9 Å². The van der Waals surface area contributed by atoms with E-state index < -0.39 is 17.9 Å². The number of rotatable bonds is 6. The molecule has 0 aliphatic heterocycles. The quantitative estimate of drug-likeness (QED) is 0.440. The first-order chi connectivity index (χ1) is 9.17. The van der Waals surface area contributed by atoms with Crippen LogP contribution in [-0.2, 0) is 19.1 Å². The van der Waals surface area contributed by atoms with Crippen LogP contribution in [0, 0.1) is 0 Å². The van der Waals surface area contributed by atoms with Crippen molar-refractivity contribution in [3.8, 4) is 0 Å². The average Bonchev–Trinajstić information content (AvgIpc) is 2.38. The van der Waals surface area contributed by atoms with Crippen LogP contribution in [0.2, 0.25) is 0 Å². The van der Waals surface area contributed by atoms with Gasteiger partial charge in [0.2, 0.25) is 0 Å². The summed E-state index contributed by atoms with van der Waals surface area (Å²) >= 11 is 0. The van der Waals surface area contributed by atoms with E-state index in [0.717, 1.165) is 0 Å². The third-order valence-corrected chi connectivity index (χ3v) is 1.99. The third kappa shape index (κ3) is 9.64. The summed E-state index contributed by atoms with van der Waals surface area (Å²) in [5.41, 5.74) is 0.361. The Bertz CT molecular complexity index is 431. The molecule has 0 aliphatic carbocycles. The van der Waals surface area contributed by atoms with Crippen LogP contribution in [0.15, 0.2) is 36.0 Å². The number of ether oxygens (including phenoxy) is 1. The second kappa shape index (κ2) is 10.5. The topological polar surface area (TPSA) is 101 Å². The van der Waals surface area contributed by atoms with E-state index in [4.69, 9.17) is 10.2 Å². The first-order valence-electron chi connectivity index (χ1n) is 5.85. The number of hydrogen-bond acceptors (Lipinski definition) is 4. The molecule has 20 heavy (non-hydrogen) atoms. The van der Waals surface area contributed by atoms with Gasteiger partial charge >= 0.3 is 17.9 Å². The molecule has 6 nitrogen and oxygen atoms in total. The Labute approximate surface area is 118 Å². The fraction of sp³-hybridized carbons (Fsp3) is 0.357. The summed E-state index contributed by atoms with van der Waals surface area (Å²) in [5.74, 6) is -2.57. The number of aliphatic carboxylic acids is 2. The van der Waals surface area contributed by atoms with Crippen molar-refractivity contribution in [2.24, 2.45) is 0 Å². The molecule has 0 amide bonds. The van der Waals surface area contributed by atoms with E-state index in [-0.39, 0.29) is 23.3 Å². The molecule has 2 N–H and O–H groups in total. The van der Waals surface area contributed by atoms with Crippen molar-refractivity contribution in [1.82, 2.24) is 0 Å². The summed E-state index contributed by atoms with van der Waals surface area (Å²) in [7, 11) is 0. The highest BCUT2D eigenvalue weighted by Gasteiger charge is 2.07. The number of carboxylic acid groups (broad SMARTS) is 2. The molecule has 0 aliphatic rings. The minimum absolute atomic E-state index is 0.0433. The Hall–Kier alpha value is -2.37. The lowest BCUT2D eigenvalue weighted by molar-refractivity contribution is -0.138. The second-order valence-electron chi connectivity index (χ2n) is 3.64. The van der Waals surface area contributed by atoms with Gasteiger partial charge in [-0.15, -0.1) is 0 Å². The van der Waals surface area contributed by atoms with Gasteiger partial charge in [0.15, 0.2) is 0 Å². The molecular weight excluding hydrogens is 264 g/mol. The van der Waals surface area contributed by atoms with Crippen LogP contribution in [0.1, 0.15) is 27.2 Å². The molecule has 0 bridgehead atoms. The Balaban J connectivity index is 0. The zero-order valence-electron chi connectivity index (χ0n) is 11.9. The zero-order chi connectivity index (χ0) is 16.3. The summed E-state index contributed by atoms with van der Waals surface area (Å²) in [5, 5.41) is 16.6. The zero-order valence-corrected chi connectivity index (χ0v) is 11.9. The number of carboxylic acids is 2. The van der Waals surface area contributed by atoms with E-state index in [2.05, 4.69) is 17.9 Å². The lowest BCUT2D eigenvalue weighted by atomic mass is 10.2. The molecule has 0 atom stereocenters. The van der Waals surface area contributed by atoms with Gasteiger partial charge in [-0.2, -0.15) is 0 Å². The molecular formula is C14H20O6. The number of hydrogen-bond donors (Lipinski definition) is 2. The maximum Gasteiger partial charge on any atom is 0.337 e. The monoisotopic (exact) mass is 284 g/mol. The summed E-state index contributed by atoms with van der Waals surface area (Å²) in [4.78, 5) is 31.1. The Morgan fingerprint density at radius 2 is 1.60 bits per heavy atom. The van der Waals surface area contributed by atoms with Crippen molar-refractivity contribution in [2.45, 2.75) is 27.2 Å². The molecule has 0 aromatic rings. The first-order valence-corrected chi connectivity index (χ1v) is 5.85. The second-order valence-corrected chi connectivity index (χ2v) is 3.64. The molecule has 0 fully saturated rings. The Kier molecular flexibility index (Phi) is 10.5.